The molecule has 2 rings (SSSR count). The molecule has 0 fully saturated rings. The third-order valence-electron chi connectivity index (χ3n) is 3.00. The van der Waals surface area contributed by atoms with E-state index in [1.165, 1.54) is 19.3 Å². The van der Waals surface area contributed by atoms with Gasteiger partial charge in [-0.1, -0.05) is 35.3 Å². The minimum absolute atomic E-state index is 0.0320. The Morgan fingerprint density at radius 1 is 1.22 bits per heavy atom. The molecule has 0 heterocycles. The normalized spacial score (nSPS) is 10.7. The molecule has 120 valence electrons. The van der Waals surface area contributed by atoms with Crippen molar-refractivity contribution in [3.63, 3.8) is 0 Å². The van der Waals surface area contributed by atoms with E-state index in [9.17, 15) is 9.90 Å². The molecule has 4 nitrogen and oxygen atoms in total. The molecule has 0 aliphatic rings. The van der Waals surface area contributed by atoms with E-state index >= 15 is 0 Å². The molecular formula is C17H14Cl2O4. The number of aromatic hydroxyl groups is 1. The Labute approximate surface area is 143 Å². The molecule has 0 aliphatic carbocycles. The van der Waals surface area contributed by atoms with Crippen molar-refractivity contribution in [3.8, 4) is 11.5 Å². The number of esters is 1. The van der Waals surface area contributed by atoms with Gasteiger partial charge in [0.25, 0.3) is 0 Å². The van der Waals surface area contributed by atoms with Crippen LogP contribution in [0.2, 0.25) is 10.0 Å². The molecule has 2 aromatic rings. The van der Waals surface area contributed by atoms with Crippen LogP contribution in [0, 0.1) is 0 Å². The molecule has 1 N–H and O–H groups in total. The lowest BCUT2D eigenvalue weighted by Crippen LogP contribution is -2.01. The Kier molecular flexibility index (Phi) is 5.90. The van der Waals surface area contributed by atoms with Crippen LogP contribution in [0.25, 0.3) is 6.08 Å². The largest absolute Gasteiger partial charge is 0.504 e. The highest BCUT2D eigenvalue weighted by Crippen LogP contribution is 2.26. The maximum atomic E-state index is 11.7. The van der Waals surface area contributed by atoms with E-state index in [0.29, 0.717) is 26.9 Å². The zero-order valence-electron chi connectivity index (χ0n) is 12.3. The first kappa shape index (κ1) is 17.2. The van der Waals surface area contributed by atoms with Crippen molar-refractivity contribution in [2.75, 3.05) is 7.11 Å². The van der Waals surface area contributed by atoms with E-state index in [1.54, 1.807) is 36.4 Å². The quantitative estimate of drug-likeness (QED) is 0.637. The average Bonchev–Trinajstić information content (AvgIpc) is 2.53. The number of carbonyl (C=O) groups is 1. The SMILES string of the molecule is COc1cc(/C=C/C(=O)OCc2ccc(Cl)cc2Cl)ccc1O. The van der Waals surface area contributed by atoms with Crippen LogP contribution in [-0.2, 0) is 16.1 Å². The fraction of sp³-hybridized carbons (Fsp3) is 0.118. The lowest BCUT2D eigenvalue weighted by molar-refractivity contribution is -0.138. The number of phenolic OH excluding ortho intramolecular Hbond substituents is 1. The monoisotopic (exact) mass is 352 g/mol. The molecule has 0 amide bonds. The molecule has 0 radical (unpaired) electrons. The van der Waals surface area contributed by atoms with Crippen LogP contribution in [0.3, 0.4) is 0 Å². The number of hydrogen-bond donors (Lipinski definition) is 1. The number of rotatable bonds is 5. The minimum atomic E-state index is -0.511. The molecule has 0 saturated carbocycles. The molecule has 0 bridgehead atoms. The smallest absolute Gasteiger partial charge is 0.331 e. The third-order valence-corrected chi connectivity index (χ3v) is 3.59. The Balaban J connectivity index is 1.96. The number of phenols is 1. The van der Waals surface area contributed by atoms with Gasteiger partial charge in [0.2, 0.25) is 0 Å². The Hall–Kier alpha value is -2.17. The van der Waals surface area contributed by atoms with Crippen LogP contribution in [0.15, 0.2) is 42.5 Å². The predicted molar refractivity (Wildman–Crippen MR) is 90.0 cm³/mol. The highest BCUT2D eigenvalue weighted by Gasteiger charge is 2.05. The molecule has 0 saturated heterocycles. The summed E-state index contributed by atoms with van der Waals surface area (Å²) >= 11 is 11.8. The Morgan fingerprint density at radius 2 is 2.00 bits per heavy atom. The van der Waals surface area contributed by atoms with Gasteiger partial charge in [0, 0.05) is 21.7 Å². The molecule has 23 heavy (non-hydrogen) atoms. The van der Waals surface area contributed by atoms with Gasteiger partial charge in [-0.25, -0.2) is 4.79 Å². The van der Waals surface area contributed by atoms with Crippen molar-refractivity contribution in [2.45, 2.75) is 6.61 Å². The third kappa shape index (κ3) is 4.91. The Morgan fingerprint density at radius 3 is 2.70 bits per heavy atom. The van der Waals surface area contributed by atoms with Gasteiger partial charge in [0.1, 0.15) is 6.61 Å². The summed E-state index contributed by atoms with van der Waals surface area (Å²) in [4.78, 5) is 11.7. The molecular weight excluding hydrogens is 339 g/mol. The maximum Gasteiger partial charge on any atom is 0.331 e. The zero-order valence-corrected chi connectivity index (χ0v) is 13.8. The van der Waals surface area contributed by atoms with Gasteiger partial charge in [0.15, 0.2) is 11.5 Å². The molecule has 0 spiro atoms. The predicted octanol–water partition coefficient (Wildman–Crippen LogP) is 4.46. The molecule has 0 atom stereocenters. The molecule has 2 aromatic carbocycles. The Bertz CT molecular complexity index is 741. The summed E-state index contributed by atoms with van der Waals surface area (Å²) in [6, 6.07) is 9.71. The summed E-state index contributed by atoms with van der Waals surface area (Å²) in [6.07, 6.45) is 2.85. The second kappa shape index (κ2) is 7.90. The summed E-state index contributed by atoms with van der Waals surface area (Å²) < 4.78 is 10.1. The van der Waals surface area contributed by atoms with Crippen molar-refractivity contribution in [1.29, 1.82) is 0 Å². The fourth-order valence-corrected chi connectivity index (χ4v) is 2.26. The first-order valence-corrected chi connectivity index (χ1v) is 7.41. The summed E-state index contributed by atoms with van der Waals surface area (Å²) in [5.41, 5.74) is 1.37. The molecule has 0 unspecified atom stereocenters. The second-order valence-electron chi connectivity index (χ2n) is 4.61. The van der Waals surface area contributed by atoms with Crippen LogP contribution in [-0.4, -0.2) is 18.2 Å². The van der Waals surface area contributed by atoms with E-state index in [0.717, 1.165) is 0 Å². The number of benzene rings is 2. The zero-order chi connectivity index (χ0) is 16.8. The lowest BCUT2D eigenvalue weighted by atomic mass is 10.2. The average molecular weight is 353 g/mol. The summed E-state index contributed by atoms with van der Waals surface area (Å²) in [7, 11) is 1.45. The van der Waals surface area contributed by atoms with Crippen molar-refractivity contribution < 1.29 is 19.4 Å². The topological polar surface area (TPSA) is 55.8 Å². The van der Waals surface area contributed by atoms with Gasteiger partial charge in [-0.15, -0.1) is 0 Å². The molecule has 0 aromatic heterocycles. The first-order valence-electron chi connectivity index (χ1n) is 6.65. The number of carbonyl (C=O) groups excluding carboxylic acids is 1. The van der Waals surface area contributed by atoms with Crippen LogP contribution in [0.4, 0.5) is 0 Å². The molecule has 0 aliphatic heterocycles. The van der Waals surface area contributed by atoms with E-state index < -0.39 is 5.97 Å². The minimum Gasteiger partial charge on any atom is -0.504 e. The van der Waals surface area contributed by atoms with Gasteiger partial charge in [0.05, 0.1) is 7.11 Å². The van der Waals surface area contributed by atoms with Crippen molar-refractivity contribution in [3.05, 3.63) is 63.6 Å². The van der Waals surface area contributed by atoms with Gasteiger partial charge in [-0.3, -0.25) is 0 Å². The summed E-state index contributed by atoms with van der Waals surface area (Å²) in [6.45, 7) is 0.0536. The van der Waals surface area contributed by atoms with E-state index in [1.807, 2.05) is 0 Å². The van der Waals surface area contributed by atoms with Gasteiger partial charge in [-0.05, 0) is 35.9 Å². The van der Waals surface area contributed by atoms with Crippen LogP contribution in [0.1, 0.15) is 11.1 Å². The van der Waals surface area contributed by atoms with Crippen LogP contribution < -0.4 is 4.74 Å². The van der Waals surface area contributed by atoms with Gasteiger partial charge < -0.3 is 14.6 Å². The number of hydrogen-bond acceptors (Lipinski definition) is 4. The van der Waals surface area contributed by atoms with Crippen molar-refractivity contribution in [2.24, 2.45) is 0 Å². The van der Waals surface area contributed by atoms with E-state index in [4.69, 9.17) is 32.7 Å². The van der Waals surface area contributed by atoms with Gasteiger partial charge >= 0.3 is 5.97 Å². The fourth-order valence-electron chi connectivity index (χ4n) is 1.80. The lowest BCUT2D eigenvalue weighted by Gasteiger charge is -2.05. The van der Waals surface area contributed by atoms with Crippen LogP contribution in [0.5, 0.6) is 11.5 Å². The van der Waals surface area contributed by atoms with E-state index in [-0.39, 0.29) is 12.4 Å². The van der Waals surface area contributed by atoms with E-state index in [2.05, 4.69) is 0 Å². The first-order chi connectivity index (χ1) is 11.0. The van der Waals surface area contributed by atoms with Crippen LogP contribution >= 0.6 is 23.2 Å². The summed E-state index contributed by atoms with van der Waals surface area (Å²) in [5.74, 6) is -0.152. The van der Waals surface area contributed by atoms with Crippen molar-refractivity contribution in [1.82, 2.24) is 0 Å². The van der Waals surface area contributed by atoms with Crippen molar-refractivity contribution >= 4 is 35.2 Å². The number of ether oxygens (including phenoxy) is 2. The molecule has 6 heteroatoms. The second-order valence-corrected chi connectivity index (χ2v) is 5.45. The highest BCUT2D eigenvalue weighted by molar-refractivity contribution is 6.35. The number of halogens is 2. The summed E-state index contributed by atoms with van der Waals surface area (Å²) in [5, 5.41) is 10.5. The number of methoxy groups -OCH3 is 1. The maximum absolute atomic E-state index is 11.7. The highest BCUT2D eigenvalue weighted by atomic mass is 35.5. The van der Waals surface area contributed by atoms with Gasteiger partial charge in [-0.2, -0.15) is 0 Å². The standard InChI is InChI=1S/C17H14Cl2O4/c1-22-16-8-11(2-6-15(16)20)3-7-17(21)23-10-12-4-5-13(18)9-14(12)19/h2-9,20H,10H2,1H3/b7-3+.